The average molecular weight is 543 g/mol. The van der Waals surface area contributed by atoms with Crippen molar-refractivity contribution in [2.75, 3.05) is 18.6 Å². The molecule has 1 saturated heterocycles. The number of aromatic nitrogens is 2. The Kier molecular flexibility index (Phi) is 7.15. The SMILES string of the molecule is CO/N=C(\C(=O)N[C@@H]1C(=O)N2C(C(=O)[O-])=C(C[n+]3ccc(C4CCCC4)cc3)CS[C@H]12)c1csc(N)n1. The number of hydrogen-bond donors (Lipinski definition) is 2. The Hall–Kier alpha value is -3.45. The van der Waals surface area contributed by atoms with Crippen molar-refractivity contribution in [1.29, 1.82) is 0 Å². The molecule has 2 aromatic heterocycles. The second-order valence-electron chi connectivity index (χ2n) is 9.08. The zero-order chi connectivity index (χ0) is 26.1. The van der Waals surface area contributed by atoms with Crippen molar-refractivity contribution in [3.05, 3.63) is 52.4 Å². The van der Waals surface area contributed by atoms with Gasteiger partial charge in [0.2, 0.25) is 0 Å². The standard InChI is InChI=1S/C24H26N6O5S2/c1-35-28-17(16-12-37-24(25)26-16)20(31)27-18-21(32)30-19(23(33)34)15(11-36-22(18)30)10-29-8-6-14(7-9-29)13-4-2-3-5-13/h6-9,12-13,18,22H,2-5,10-11H2,1H3,(H3-,25,26,27,31,33,34)/b28-17-/t18-,22-/m1/s1. The van der Waals surface area contributed by atoms with E-state index < -0.39 is 29.2 Å². The van der Waals surface area contributed by atoms with Gasteiger partial charge in [-0.3, -0.25) is 14.5 Å². The molecule has 0 unspecified atom stereocenters. The molecule has 194 valence electrons. The van der Waals surface area contributed by atoms with Crippen LogP contribution in [0.25, 0.3) is 0 Å². The second kappa shape index (κ2) is 10.5. The molecular weight excluding hydrogens is 516 g/mol. The zero-order valence-electron chi connectivity index (χ0n) is 20.1. The minimum atomic E-state index is -1.42. The van der Waals surface area contributed by atoms with E-state index in [1.807, 2.05) is 17.0 Å². The Morgan fingerprint density at radius 2 is 2.05 bits per heavy atom. The van der Waals surface area contributed by atoms with Gasteiger partial charge in [0, 0.05) is 28.8 Å². The molecule has 3 N–H and O–H groups in total. The van der Waals surface area contributed by atoms with Gasteiger partial charge in [0.1, 0.15) is 24.2 Å². The molecule has 1 saturated carbocycles. The lowest BCUT2D eigenvalue weighted by Crippen LogP contribution is -2.71. The second-order valence-corrected chi connectivity index (χ2v) is 11.1. The number of carbonyl (C=O) groups is 3. The summed E-state index contributed by atoms with van der Waals surface area (Å²) in [7, 11) is 1.29. The molecule has 0 bridgehead atoms. The van der Waals surface area contributed by atoms with E-state index in [9.17, 15) is 19.5 Å². The summed E-state index contributed by atoms with van der Waals surface area (Å²) in [5.41, 5.74) is 7.49. The highest BCUT2D eigenvalue weighted by Gasteiger charge is 2.53. The molecule has 0 radical (unpaired) electrons. The maximum absolute atomic E-state index is 13.0. The van der Waals surface area contributed by atoms with Crippen LogP contribution in [0.15, 0.2) is 46.3 Å². The molecule has 2 amide bonds. The number of nitrogens with zero attached hydrogens (tertiary/aromatic N) is 4. The monoisotopic (exact) mass is 542 g/mol. The van der Waals surface area contributed by atoms with Crippen molar-refractivity contribution in [2.24, 2.45) is 5.16 Å². The molecule has 2 aliphatic heterocycles. The normalized spacial score (nSPS) is 22.0. The number of thiazole rings is 1. The molecule has 0 spiro atoms. The molecule has 3 aliphatic rings. The first-order valence-corrected chi connectivity index (χ1v) is 13.8. The van der Waals surface area contributed by atoms with E-state index in [0.717, 1.165) is 11.3 Å². The third-order valence-corrected chi connectivity index (χ3v) is 8.82. The van der Waals surface area contributed by atoms with Crippen LogP contribution in [0.4, 0.5) is 5.13 Å². The fraction of sp³-hybridized carbons (Fsp3) is 0.417. The molecule has 13 heteroatoms. The van der Waals surface area contributed by atoms with Gasteiger partial charge in [-0.25, -0.2) is 9.55 Å². The van der Waals surface area contributed by atoms with Crippen LogP contribution in [0.3, 0.4) is 0 Å². The third-order valence-electron chi connectivity index (χ3n) is 6.81. The number of nitrogens with one attached hydrogen (secondary N) is 1. The minimum absolute atomic E-state index is 0.128. The number of thioether (sulfide) groups is 1. The van der Waals surface area contributed by atoms with E-state index in [1.54, 1.807) is 5.38 Å². The summed E-state index contributed by atoms with van der Waals surface area (Å²) in [6.07, 6.45) is 8.82. The lowest BCUT2D eigenvalue weighted by molar-refractivity contribution is -0.689. The Morgan fingerprint density at radius 3 is 2.68 bits per heavy atom. The summed E-state index contributed by atoms with van der Waals surface area (Å²) in [6, 6.07) is 3.25. The molecule has 2 aromatic rings. The highest BCUT2D eigenvalue weighted by Crippen LogP contribution is 2.40. The number of fused-ring (bicyclic) bond motifs is 1. The molecule has 2 fully saturated rings. The van der Waals surface area contributed by atoms with Crippen LogP contribution in [0.1, 0.15) is 42.9 Å². The Labute approximate surface area is 221 Å². The number of aliphatic carboxylic acids is 1. The lowest BCUT2D eigenvalue weighted by atomic mass is 9.99. The predicted molar refractivity (Wildman–Crippen MR) is 135 cm³/mol. The number of carboxylic acid groups (broad SMARTS) is 1. The summed E-state index contributed by atoms with van der Waals surface area (Å²) < 4.78 is 1.91. The summed E-state index contributed by atoms with van der Waals surface area (Å²) in [4.78, 5) is 48.0. The highest BCUT2D eigenvalue weighted by molar-refractivity contribution is 8.00. The van der Waals surface area contributed by atoms with Crippen molar-refractivity contribution in [3.8, 4) is 0 Å². The van der Waals surface area contributed by atoms with Crippen LogP contribution in [0, 0.1) is 0 Å². The molecule has 11 nitrogen and oxygen atoms in total. The number of rotatable bonds is 8. The number of β-lactam (4-membered cyclic amide) rings is 1. The number of carbonyl (C=O) groups excluding carboxylic acids is 3. The largest absolute Gasteiger partial charge is 0.543 e. The Morgan fingerprint density at radius 1 is 1.32 bits per heavy atom. The summed E-state index contributed by atoms with van der Waals surface area (Å²) >= 11 is 2.52. The van der Waals surface area contributed by atoms with Gasteiger partial charge in [0.15, 0.2) is 29.8 Å². The van der Waals surface area contributed by atoms with Crippen LogP contribution in [0.5, 0.6) is 0 Å². The third kappa shape index (κ3) is 4.92. The first-order valence-electron chi connectivity index (χ1n) is 11.9. The fourth-order valence-electron chi connectivity index (χ4n) is 5.02. The van der Waals surface area contributed by atoms with Crippen LogP contribution < -0.4 is 20.7 Å². The van der Waals surface area contributed by atoms with Crippen molar-refractivity contribution in [1.82, 2.24) is 15.2 Å². The quantitative estimate of drug-likeness (QED) is 0.206. The minimum Gasteiger partial charge on any atom is -0.543 e. The molecule has 0 aromatic carbocycles. The van der Waals surface area contributed by atoms with E-state index in [1.165, 1.54) is 55.0 Å². The van der Waals surface area contributed by atoms with Crippen molar-refractivity contribution >= 4 is 51.7 Å². The molecule has 1 aliphatic carbocycles. The van der Waals surface area contributed by atoms with Crippen LogP contribution in [-0.4, -0.2) is 57.7 Å². The number of hydrogen-bond acceptors (Lipinski definition) is 10. The number of carboxylic acids is 1. The van der Waals surface area contributed by atoms with E-state index in [2.05, 4.69) is 27.6 Å². The van der Waals surface area contributed by atoms with Gasteiger partial charge < -0.3 is 25.8 Å². The van der Waals surface area contributed by atoms with Gasteiger partial charge in [-0.2, -0.15) is 0 Å². The Bertz CT molecular complexity index is 1280. The van der Waals surface area contributed by atoms with E-state index in [-0.39, 0.29) is 22.2 Å². The summed E-state index contributed by atoms with van der Waals surface area (Å²) in [5, 5.41) is 19.7. The van der Waals surface area contributed by atoms with Crippen molar-refractivity contribution in [3.63, 3.8) is 0 Å². The van der Waals surface area contributed by atoms with Crippen LogP contribution in [0.2, 0.25) is 0 Å². The zero-order valence-corrected chi connectivity index (χ0v) is 21.7. The Balaban J connectivity index is 1.30. The molecule has 2 atom stereocenters. The number of anilines is 1. The van der Waals surface area contributed by atoms with Gasteiger partial charge in [-0.05, 0) is 24.3 Å². The smallest absolute Gasteiger partial charge is 0.276 e. The molecular formula is C24H26N6O5S2. The van der Waals surface area contributed by atoms with Gasteiger partial charge in [0.25, 0.3) is 11.8 Å². The summed E-state index contributed by atoms with van der Waals surface area (Å²) in [6.45, 7) is 0.324. The number of amides is 2. The number of nitrogen functional groups attached to an aromatic ring is 1. The number of nitrogens with two attached hydrogens (primary N) is 1. The number of oxime groups is 1. The van der Waals surface area contributed by atoms with E-state index >= 15 is 0 Å². The number of pyridine rings is 1. The maximum Gasteiger partial charge on any atom is 0.276 e. The molecule has 37 heavy (non-hydrogen) atoms. The molecule has 4 heterocycles. The lowest BCUT2D eigenvalue weighted by Gasteiger charge is -2.50. The van der Waals surface area contributed by atoms with E-state index in [4.69, 9.17) is 10.6 Å². The van der Waals surface area contributed by atoms with Crippen LogP contribution >= 0.6 is 23.1 Å². The van der Waals surface area contributed by atoms with E-state index in [0.29, 0.717) is 23.8 Å². The maximum atomic E-state index is 13.0. The first-order chi connectivity index (χ1) is 17.9. The van der Waals surface area contributed by atoms with Gasteiger partial charge >= 0.3 is 0 Å². The topological polar surface area (TPSA) is 154 Å². The van der Waals surface area contributed by atoms with Crippen LogP contribution in [-0.2, 0) is 25.8 Å². The van der Waals surface area contributed by atoms with Crippen molar-refractivity contribution in [2.45, 2.75) is 49.6 Å². The predicted octanol–water partition coefficient (Wildman–Crippen LogP) is 0.125. The van der Waals surface area contributed by atoms with Crippen molar-refractivity contribution < 1.29 is 28.9 Å². The van der Waals surface area contributed by atoms with Gasteiger partial charge in [-0.1, -0.05) is 18.0 Å². The molecule has 5 rings (SSSR count). The fourth-order valence-corrected chi connectivity index (χ4v) is 6.90. The average Bonchev–Trinajstić information content (AvgIpc) is 3.58. The first kappa shape index (κ1) is 25.2. The van der Waals surface area contributed by atoms with Gasteiger partial charge in [0.05, 0.1) is 11.7 Å². The summed E-state index contributed by atoms with van der Waals surface area (Å²) in [5.74, 6) is -1.65. The highest BCUT2D eigenvalue weighted by atomic mass is 32.2. The van der Waals surface area contributed by atoms with Gasteiger partial charge in [-0.15, -0.1) is 23.1 Å².